The summed E-state index contributed by atoms with van der Waals surface area (Å²) in [4.78, 5) is 17.4. The van der Waals surface area contributed by atoms with Crippen LogP contribution in [0.4, 0.5) is 5.69 Å². The van der Waals surface area contributed by atoms with E-state index < -0.39 is 0 Å². The van der Waals surface area contributed by atoms with Gasteiger partial charge in [-0.2, -0.15) is 5.10 Å². The maximum absolute atomic E-state index is 12.9. The Morgan fingerprint density at radius 1 is 1.10 bits per heavy atom. The molecular weight excluding hydrogens is 380 g/mol. The van der Waals surface area contributed by atoms with E-state index in [1.54, 1.807) is 24.1 Å². The second-order valence-corrected chi connectivity index (χ2v) is 6.78. The van der Waals surface area contributed by atoms with Crippen LogP contribution in [0.25, 0.3) is 10.9 Å². The van der Waals surface area contributed by atoms with Crippen molar-refractivity contribution in [2.45, 2.75) is 13.5 Å². The van der Waals surface area contributed by atoms with Crippen LogP contribution in [0.1, 0.15) is 16.1 Å². The number of methoxy groups -OCH3 is 1. The molecule has 1 N–H and O–H groups in total. The van der Waals surface area contributed by atoms with E-state index in [1.807, 2.05) is 61.7 Å². The van der Waals surface area contributed by atoms with Gasteiger partial charge in [0.2, 0.25) is 0 Å². The summed E-state index contributed by atoms with van der Waals surface area (Å²) in [5.41, 5.74) is 2.62. The lowest BCUT2D eigenvalue weighted by Crippen LogP contribution is -2.14. The number of carbonyl (C=O) groups excluding carboxylic acids is 1. The van der Waals surface area contributed by atoms with Gasteiger partial charge in [0.1, 0.15) is 18.1 Å². The third-order valence-corrected chi connectivity index (χ3v) is 4.70. The lowest BCUT2D eigenvalue weighted by Gasteiger charge is -2.11. The molecule has 0 unspecified atom stereocenters. The Balaban J connectivity index is 1.46. The van der Waals surface area contributed by atoms with Gasteiger partial charge in [0, 0.05) is 35.6 Å². The first-order valence-electron chi connectivity index (χ1n) is 9.59. The van der Waals surface area contributed by atoms with E-state index in [0.717, 1.165) is 16.7 Å². The minimum absolute atomic E-state index is 0.216. The number of anilines is 1. The smallest absolute Gasteiger partial charge is 0.257 e. The highest BCUT2D eigenvalue weighted by Crippen LogP contribution is 2.23. The number of benzene rings is 2. The van der Waals surface area contributed by atoms with Crippen LogP contribution in [-0.4, -0.2) is 34.4 Å². The molecule has 4 rings (SSSR count). The Morgan fingerprint density at radius 2 is 2.00 bits per heavy atom. The normalized spacial score (nSPS) is 10.7. The van der Waals surface area contributed by atoms with Crippen LogP contribution in [-0.2, 0) is 6.54 Å². The molecule has 0 radical (unpaired) electrons. The number of nitrogens with zero attached hydrogens (tertiary/aromatic N) is 3. The zero-order valence-electron chi connectivity index (χ0n) is 16.8. The van der Waals surface area contributed by atoms with E-state index in [1.165, 1.54) is 0 Å². The summed E-state index contributed by atoms with van der Waals surface area (Å²) < 4.78 is 12.8. The van der Waals surface area contributed by atoms with Crippen LogP contribution >= 0.6 is 0 Å². The average molecular weight is 402 g/mol. The van der Waals surface area contributed by atoms with Crippen LogP contribution in [0.5, 0.6) is 11.5 Å². The molecule has 2 aromatic heterocycles. The van der Waals surface area contributed by atoms with Crippen molar-refractivity contribution in [2.24, 2.45) is 0 Å². The molecule has 7 heteroatoms. The van der Waals surface area contributed by atoms with Gasteiger partial charge in [-0.25, -0.2) is 0 Å². The van der Waals surface area contributed by atoms with Crippen LogP contribution in [0, 0.1) is 6.92 Å². The molecule has 152 valence electrons. The first-order chi connectivity index (χ1) is 14.6. The number of nitrogens with one attached hydrogen (secondary N) is 1. The molecule has 0 fully saturated rings. The quantitative estimate of drug-likeness (QED) is 0.504. The number of aryl methyl sites for hydroxylation is 1. The lowest BCUT2D eigenvalue weighted by molar-refractivity contribution is 0.102. The fraction of sp³-hybridized carbons (Fsp3) is 0.174. The average Bonchev–Trinajstić information content (AvgIpc) is 3.26. The number of rotatable bonds is 7. The standard InChI is InChI=1S/C23H22N4O3/c1-16-21(13-17-7-8-19(29-2)15-22(17)25-16)23(28)26-18-5-3-6-20(14-18)30-12-11-27-10-4-9-24-27/h3-10,13-15H,11-12H2,1-2H3,(H,26,28). The molecule has 0 bridgehead atoms. The molecule has 0 saturated heterocycles. The minimum atomic E-state index is -0.216. The highest BCUT2D eigenvalue weighted by atomic mass is 16.5. The monoisotopic (exact) mass is 402 g/mol. The molecule has 2 heterocycles. The van der Waals surface area contributed by atoms with Crippen molar-refractivity contribution in [3.63, 3.8) is 0 Å². The number of hydrogen-bond acceptors (Lipinski definition) is 5. The molecule has 30 heavy (non-hydrogen) atoms. The second-order valence-electron chi connectivity index (χ2n) is 6.78. The second kappa shape index (κ2) is 8.65. The first-order valence-corrected chi connectivity index (χ1v) is 9.59. The van der Waals surface area contributed by atoms with Crippen LogP contribution in [0.3, 0.4) is 0 Å². The fourth-order valence-corrected chi connectivity index (χ4v) is 3.15. The van der Waals surface area contributed by atoms with E-state index in [2.05, 4.69) is 15.4 Å². The SMILES string of the molecule is COc1ccc2cc(C(=O)Nc3cccc(OCCn4cccn4)c3)c(C)nc2c1. The largest absolute Gasteiger partial charge is 0.497 e. The summed E-state index contributed by atoms with van der Waals surface area (Å²) >= 11 is 0. The van der Waals surface area contributed by atoms with Gasteiger partial charge in [-0.05, 0) is 43.3 Å². The summed E-state index contributed by atoms with van der Waals surface area (Å²) in [5.74, 6) is 1.20. The summed E-state index contributed by atoms with van der Waals surface area (Å²) in [7, 11) is 1.62. The van der Waals surface area contributed by atoms with Gasteiger partial charge >= 0.3 is 0 Å². The van der Waals surface area contributed by atoms with Gasteiger partial charge in [-0.3, -0.25) is 14.5 Å². The first kappa shape index (κ1) is 19.4. The van der Waals surface area contributed by atoms with Crippen molar-refractivity contribution in [3.05, 3.63) is 78.2 Å². The van der Waals surface area contributed by atoms with Crippen molar-refractivity contribution >= 4 is 22.5 Å². The fourth-order valence-electron chi connectivity index (χ4n) is 3.15. The van der Waals surface area contributed by atoms with Gasteiger partial charge < -0.3 is 14.8 Å². The van der Waals surface area contributed by atoms with E-state index in [0.29, 0.717) is 35.8 Å². The van der Waals surface area contributed by atoms with Gasteiger partial charge in [0.15, 0.2) is 0 Å². The van der Waals surface area contributed by atoms with Crippen LogP contribution in [0.15, 0.2) is 67.0 Å². The van der Waals surface area contributed by atoms with Crippen molar-refractivity contribution in [3.8, 4) is 11.5 Å². The predicted molar refractivity (Wildman–Crippen MR) is 115 cm³/mol. The Labute approximate surface area is 174 Å². The minimum Gasteiger partial charge on any atom is -0.497 e. The van der Waals surface area contributed by atoms with Gasteiger partial charge in [-0.15, -0.1) is 0 Å². The molecule has 0 spiro atoms. The molecule has 2 aromatic carbocycles. The Kier molecular flexibility index (Phi) is 5.61. The number of pyridine rings is 1. The third-order valence-electron chi connectivity index (χ3n) is 4.70. The Hall–Kier alpha value is -3.87. The van der Waals surface area contributed by atoms with Crippen molar-refractivity contribution in [2.75, 3.05) is 19.0 Å². The Bertz CT molecular complexity index is 1170. The molecule has 0 aliphatic carbocycles. The van der Waals surface area contributed by atoms with E-state index in [9.17, 15) is 4.79 Å². The van der Waals surface area contributed by atoms with Gasteiger partial charge in [0.05, 0.1) is 30.4 Å². The Morgan fingerprint density at radius 3 is 2.80 bits per heavy atom. The lowest BCUT2D eigenvalue weighted by atomic mass is 10.1. The number of carbonyl (C=O) groups is 1. The number of hydrogen-bond donors (Lipinski definition) is 1. The predicted octanol–water partition coefficient (Wildman–Crippen LogP) is 4.08. The molecule has 0 saturated carbocycles. The highest BCUT2D eigenvalue weighted by molar-refractivity contribution is 6.06. The third kappa shape index (κ3) is 4.41. The zero-order chi connectivity index (χ0) is 20.9. The summed E-state index contributed by atoms with van der Waals surface area (Å²) in [6.07, 6.45) is 3.62. The van der Waals surface area contributed by atoms with Crippen molar-refractivity contribution in [1.82, 2.24) is 14.8 Å². The molecule has 1 amide bonds. The maximum Gasteiger partial charge on any atom is 0.257 e. The summed E-state index contributed by atoms with van der Waals surface area (Å²) in [6, 6.07) is 16.6. The van der Waals surface area contributed by atoms with Gasteiger partial charge in [-0.1, -0.05) is 6.07 Å². The molecule has 7 nitrogen and oxygen atoms in total. The molecule has 0 atom stereocenters. The molecule has 0 aliphatic rings. The summed E-state index contributed by atoms with van der Waals surface area (Å²) in [6.45, 7) is 2.95. The summed E-state index contributed by atoms with van der Waals surface area (Å²) in [5, 5.41) is 7.95. The number of amides is 1. The molecule has 4 aromatic rings. The van der Waals surface area contributed by atoms with Gasteiger partial charge in [0.25, 0.3) is 5.91 Å². The number of ether oxygens (including phenoxy) is 2. The van der Waals surface area contributed by atoms with E-state index in [-0.39, 0.29) is 5.91 Å². The van der Waals surface area contributed by atoms with Crippen LogP contribution < -0.4 is 14.8 Å². The zero-order valence-corrected chi connectivity index (χ0v) is 16.8. The topological polar surface area (TPSA) is 78.3 Å². The molecular formula is C23H22N4O3. The number of fused-ring (bicyclic) bond motifs is 1. The number of aromatic nitrogens is 3. The van der Waals surface area contributed by atoms with Crippen LogP contribution in [0.2, 0.25) is 0 Å². The highest BCUT2D eigenvalue weighted by Gasteiger charge is 2.13. The van der Waals surface area contributed by atoms with Crippen molar-refractivity contribution in [1.29, 1.82) is 0 Å². The van der Waals surface area contributed by atoms with E-state index in [4.69, 9.17) is 9.47 Å². The van der Waals surface area contributed by atoms with E-state index >= 15 is 0 Å². The molecule has 0 aliphatic heterocycles. The van der Waals surface area contributed by atoms with Crippen molar-refractivity contribution < 1.29 is 14.3 Å². The maximum atomic E-state index is 12.9.